The Kier molecular flexibility index (Phi) is 2.80. The number of rotatable bonds is 2. The van der Waals surface area contributed by atoms with Gasteiger partial charge in [0.25, 0.3) is 0 Å². The van der Waals surface area contributed by atoms with Crippen LogP contribution >= 0.6 is 0 Å². The number of nitrogens with zero attached hydrogens (tertiary/aromatic N) is 1. The third kappa shape index (κ3) is 1.84. The minimum absolute atomic E-state index is 0.211. The molecule has 0 spiro atoms. The van der Waals surface area contributed by atoms with Crippen molar-refractivity contribution in [3.63, 3.8) is 0 Å². The van der Waals surface area contributed by atoms with Gasteiger partial charge < -0.3 is 20.4 Å². The van der Waals surface area contributed by atoms with Gasteiger partial charge in [-0.3, -0.25) is 0 Å². The summed E-state index contributed by atoms with van der Waals surface area (Å²) in [6.07, 6.45) is 2.54. The van der Waals surface area contributed by atoms with Crippen molar-refractivity contribution in [2.24, 2.45) is 0 Å². The predicted molar refractivity (Wildman–Crippen MR) is 82.1 cm³/mol. The highest BCUT2D eigenvalue weighted by Crippen LogP contribution is 2.34. The first-order chi connectivity index (χ1) is 10.6. The average Bonchev–Trinajstić information content (AvgIpc) is 3.10. The molecule has 3 heterocycles. The molecule has 1 aliphatic rings. The average molecular weight is 296 g/mol. The maximum atomic E-state index is 11.7. The molecule has 6 nitrogen and oxygen atoms in total. The summed E-state index contributed by atoms with van der Waals surface area (Å²) in [6, 6.07) is 5.71. The molecule has 0 bridgehead atoms. The highest BCUT2D eigenvalue weighted by molar-refractivity contribution is 5.98. The highest BCUT2D eigenvalue weighted by atomic mass is 16.4. The summed E-state index contributed by atoms with van der Waals surface area (Å²) in [6.45, 7) is 2.79. The quantitative estimate of drug-likeness (QED) is 0.583. The van der Waals surface area contributed by atoms with Gasteiger partial charge in [0.2, 0.25) is 0 Å². The van der Waals surface area contributed by atoms with Gasteiger partial charge in [0.1, 0.15) is 5.69 Å². The summed E-state index contributed by atoms with van der Waals surface area (Å²) in [7, 11) is 0. The summed E-state index contributed by atoms with van der Waals surface area (Å²) in [5.41, 5.74) is 4.89. The number of aromatic nitrogens is 3. The van der Waals surface area contributed by atoms with E-state index < -0.39 is 5.97 Å². The fraction of sp³-hybridized carbons (Fsp3) is 0.250. The van der Waals surface area contributed by atoms with E-state index in [2.05, 4.69) is 20.3 Å². The van der Waals surface area contributed by atoms with Crippen LogP contribution in [-0.2, 0) is 6.42 Å². The molecule has 0 amide bonds. The van der Waals surface area contributed by atoms with Crippen molar-refractivity contribution in [1.82, 2.24) is 20.3 Å². The predicted octanol–water partition coefficient (Wildman–Crippen LogP) is 2.13. The van der Waals surface area contributed by atoms with E-state index >= 15 is 0 Å². The molecule has 2 aromatic heterocycles. The second-order valence-corrected chi connectivity index (χ2v) is 5.67. The zero-order chi connectivity index (χ0) is 15.3. The molecule has 1 aromatic carbocycles. The van der Waals surface area contributed by atoms with Crippen LogP contribution in [0.4, 0.5) is 0 Å². The Hall–Kier alpha value is -2.60. The number of carboxylic acid groups (broad SMARTS) is 1. The standard InChI is InChI=1S/C16H16N4O2/c1-8-2-3-10-9(6-8)12(15(20-10)16(21)22)14-13-11(4-5-17-14)18-7-19-13/h2-3,6-7,14,17,20H,4-5H2,1H3,(H,18,19)(H,21,22)/t14-/m0/s1. The zero-order valence-corrected chi connectivity index (χ0v) is 12.1. The number of hydrogen-bond donors (Lipinski definition) is 4. The summed E-state index contributed by atoms with van der Waals surface area (Å²) in [5, 5.41) is 13.9. The van der Waals surface area contributed by atoms with Crippen LogP contribution in [0, 0.1) is 6.92 Å². The van der Waals surface area contributed by atoms with Crippen LogP contribution in [0.5, 0.6) is 0 Å². The van der Waals surface area contributed by atoms with Gasteiger partial charge in [0.05, 0.1) is 18.1 Å². The minimum atomic E-state index is -0.951. The number of H-pyrrole nitrogens is 2. The maximum absolute atomic E-state index is 11.7. The van der Waals surface area contributed by atoms with Crippen LogP contribution in [0.25, 0.3) is 10.9 Å². The van der Waals surface area contributed by atoms with Crippen LogP contribution in [0.1, 0.15) is 39.0 Å². The lowest BCUT2D eigenvalue weighted by atomic mass is 9.94. The molecular formula is C16H16N4O2. The normalized spacial score (nSPS) is 17.6. The Morgan fingerprint density at radius 2 is 2.27 bits per heavy atom. The molecule has 112 valence electrons. The first-order valence-corrected chi connectivity index (χ1v) is 7.26. The number of nitrogens with one attached hydrogen (secondary N) is 3. The van der Waals surface area contributed by atoms with E-state index in [4.69, 9.17) is 0 Å². The van der Waals surface area contributed by atoms with Crippen molar-refractivity contribution in [1.29, 1.82) is 0 Å². The number of aromatic amines is 2. The molecule has 22 heavy (non-hydrogen) atoms. The lowest BCUT2D eigenvalue weighted by Gasteiger charge is -2.23. The Labute approximate surface area is 126 Å². The number of aryl methyl sites for hydroxylation is 1. The molecule has 0 fully saturated rings. The van der Waals surface area contributed by atoms with Gasteiger partial charge in [-0.1, -0.05) is 11.6 Å². The Balaban J connectivity index is 2.00. The van der Waals surface area contributed by atoms with Gasteiger partial charge in [0.15, 0.2) is 0 Å². The lowest BCUT2D eigenvalue weighted by molar-refractivity contribution is 0.0689. The summed E-state index contributed by atoms with van der Waals surface area (Å²) < 4.78 is 0. The van der Waals surface area contributed by atoms with Crippen LogP contribution in [0.3, 0.4) is 0 Å². The van der Waals surface area contributed by atoms with E-state index in [0.29, 0.717) is 0 Å². The van der Waals surface area contributed by atoms with Crippen molar-refractivity contribution in [2.45, 2.75) is 19.4 Å². The Bertz CT molecular complexity index is 878. The van der Waals surface area contributed by atoms with Gasteiger partial charge >= 0.3 is 5.97 Å². The van der Waals surface area contributed by atoms with Crippen molar-refractivity contribution in [3.8, 4) is 0 Å². The third-order valence-electron chi connectivity index (χ3n) is 4.25. The fourth-order valence-electron chi connectivity index (χ4n) is 3.25. The molecule has 0 saturated carbocycles. The van der Waals surface area contributed by atoms with E-state index in [1.807, 2.05) is 25.1 Å². The molecule has 0 unspecified atom stereocenters. The van der Waals surface area contributed by atoms with Crippen molar-refractivity contribution >= 4 is 16.9 Å². The monoisotopic (exact) mass is 296 g/mol. The van der Waals surface area contributed by atoms with Gasteiger partial charge in [-0.05, 0) is 19.1 Å². The van der Waals surface area contributed by atoms with Crippen LogP contribution in [-0.4, -0.2) is 32.6 Å². The Morgan fingerprint density at radius 1 is 1.41 bits per heavy atom. The number of benzene rings is 1. The van der Waals surface area contributed by atoms with Crippen molar-refractivity contribution in [3.05, 3.63) is 52.7 Å². The van der Waals surface area contributed by atoms with Gasteiger partial charge in [-0.2, -0.15) is 0 Å². The van der Waals surface area contributed by atoms with Crippen molar-refractivity contribution in [2.75, 3.05) is 6.54 Å². The van der Waals surface area contributed by atoms with Crippen LogP contribution in [0.15, 0.2) is 24.5 Å². The second-order valence-electron chi connectivity index (χ2n) is 5.67. The smallest absolute Gasteiger partial charge is 0.352 e. The molecule has 1 atom stereocenters. The topological polar surface area (TPSA) is 93.8 Å². The molecular weight excluding hydrogens is 280 g/mol. The molecule has 0 saturated heterocycles. The number of fused-ring (bicyclic) bond motifs is 2. The van der Waals surface area contributed by atoms with E-state index in [1.54, 1.807) is 6.33 Å². The summed E-state index contributed by atoms with van der Waals surface area (Å²) >= 11 is 0. The van der Waals surface area contributed by atoms with Crippen molar-refractivity contribution < 1.29 is 9.90 Å². The Morgan fingerprint density at radius 3 is 3.09 bits per heavy atom. The third-order valence-corrected chi connectivity index (χ3v) is 4.25. The second kappa shape index (κ2) is 4.71. The number of aromatic carboxylic acids is 1. The van der Waals surface area contributed by atoms with Crippen LogP contribution in [0.2, 0.25) is 0 Å². The number of hydrogen-bond acceptors (Lipinski definition) is 3. The molecule has 4 rings (SSSR count). The maximum Gasteiger partial charge on any atom is 0.352 e. The number of imidazole rings is 1. The number of carbonyl (C=O) groups is 1. The lowest BCUT2D eigenvalue weighted by Crippen LogP contribution is -2.31. The van der Waals surface area contributed by atoms with E-state index in [9.17, 15) is 9.90 Å². The first-order valence-electron chi connectivity index (χ1n) is 7.26. The zero-order valence-electron chi connectivity index (χ0n) is 12.1. The molecule has 6 heteroatoms. The molecule has 0 radical (unpaired) electrons. The molecule has 0 aliphatic carbocycles. The first kappa shape index (κ1) is 13.1. The van der Waals surface area contributed by atoms with Gasteiger partial charge in [-0.15, -0.1) is 0 Å². The highest BCUT2D eigenvalue weighted by Gasteiger charge is 2.30. The van der Waals surface area contributed by atoms with E-state index in [-0.39, 0.29) is 11.7 Å². The van der Waals surface area contributed by atoms with E-state index in [0.717, 1.165) is 46.4 Å². The molecule has 3 aromatic rings. The van der Waals surface area contributed by atoms with E-state index in [1.165, 1.54) is 0 Å². The number of carboxylic acids is 1. The fourth-order valence-corrected chi connectivity index (χ4v) is 3.25. The van der Waals surface area contributed by atoms with Gasteiger partial charge in [-0.25, -0.2) is 9.78 Å². The minimum Gasteiger partial charge on any atom is -0.477 e. The molecule has 1 aliphatic heterocycles. The van der Waals surface area contributed by atoms with Gasteiger partial charge in [0, 0.05) is 35.1 Å². The SMILES string of the molecule is Cc1ccc2[nH]c(C(=O)O)c([C@@H]3NCCc4[nH]cnc43)c2c1. The van der Waals surface area contributed by atoms with Crippen LogP contribution < -0.4 is 5.32 Å². The summed E-state index contributed by atoms with van der Waals surface area (Å²) in [4.78, 5) is 22.3. The largest absolute Gasteiger partial charge is 0.477 e. The summed E-state index contributed by atoms with van der Waals surface area (Å²) in [5.74, 6) is -0.951. The molecule has 4 N–H and O–H groups in total.